The van der Waals surface area contributed by atoms with E-state index in [4.69, 9.17) is 18.9 Å². The van der Waals surface area contributed by atoms with Gasteiger partial charge in [-0.2, -0.15) is 0 Å². The predicted octanol–water partition coefficient (Wildman–Crippen LogP) is 5.60. The van der Waals surface area contributed by atoms with Crippen molar-refractivity contribution in [1.82, 2.24) is 0 Å². The Balaban J connectivity index is 0.867. The molecule has 4 aromatic rings. The monoisotopic (exact) mass is 506 g/mol. The van der Waals surface area contributed by atoms with E-state index in [1.54, 1.807) is 12.1 Å². The number of carbonyl (C=O) groups excluding carboxylic acids is 2. The highest BCUT2D eigenvalue weighted by Gasteiger charge is 2.27. The maximum Gasteiger partial charge on any atom is 0.194 e. The molecule has 6 rings (SSSR count). The Hall–Kier alpha value is -4.26. The number of ether oxygens (including phenoxy) is 4. The van der Waals surface area contributed by atoms with Crippen LogP contribution >= 0.6 is 0 Å². The van der Waals surface area contributed by atoms with Crippen molar-refractivity contribution in [2.75, 3.05) is 39.6 Å². The van der Waals surface area contributed by atoms with Gasteiger partial charge in [-0.25, -0.2) is 0 Å². The largest absolute Gasteiger partial charge is 0.491 e. The molecule has 0 radical (unpaired) electrons. The number of fused-ring (bicyclic) bond motifs is 6. The minimum absolute atomic E-state index is 0.0358. The number of ketones is 2. The first-order chi connectivity index (χ1) is 18.7. The topological polar surface area (TPSA) is 71.1 Å². The Bertz CT molecular complexity index is 1410. The fourth-order valence-electron chi connectivity index (χ4n) is 4.95. The number of carbonyl (C=O) groups is 2. The van der Waals surface area contributed by atoms with Gasteiger partial charge < -0.3 is 18.9 Å². The van der Waals surface area contributed by atoms with Crippen LogP contribution in [0.2, 0.25) is 0 Å². The first-order valence-electron chi connectivity index (χ1n) is 12.7. The quantitative estimate of drug-likeness (QED) is 0.213. The van der Waals surface area contributed by atoms with E-state index in [2.05, 4.69) is 0 Å². The molecule has 0 bridgehead atoms. The molecule has 0 aromatic heterocycles. The maximum absolute atomic E-state index is 12.6. The Morgan fingerprint density at radius 1 is 0.395 bits per heavy atom. The van der Waals surface area contributed by atoms with Crippen molar-refractivity contribution in [3.05, 3.63) is 107 Å². The Morgan fingerprint density at radius 2 is 0.763 bits per heavy atom. The number of hydrogen-bond donors (Lipinski definition) is 0. The summed E-state index contributed by atoms with van der Waals surface area (Å²) in [5.41, 5.74) is 6.68. The first-order valence-corrected chi connectivity index (χ1v) is 12.7. The molecule has 0 aliphatic heterocycles. The SMILES string of the molecule is O=C1c2ccccc2-c2ccc(OCCOCCOCCOc3ccc4c(c3)C(=O)c3ccccc3-4)cc21. The molecule has 190 valence electrons. The second-order valence-corrected chi connectivity index (χ2v) is 9.09. The predicted molar refractivity (Wildman–Crippen MR) is 143 cm³/mol. The lowest BCUT2D eigenvalue weighted by molar-refractivity contribution is 0.0273. The molecule has 0 spiro atoms. The van der Waals surface area contributed by atoms with Crippen LogP contribution in [0.3, 0.4) is 0 Å². The normalized spacial score (nSPS) is 12.6. The molecule has 0 saturated heterocycles. The van der Waals surface area contributed by atoms with E-state index < -0.39 is 0 Å². The van der Waals surface area contributed by atoms with E-state index in [1.807, 2.05) is 72.8 Å². The molecule has 0 unspecified atom stereocenters. The molecule has 0 amide bonds. The highest BCUT2D eigenvalue weighted by molar-refractivity contribution is 6.22. The molecule has 6 heteroatoms. The number of rotatable bonds is 11. The van der Waals surface area contributed by atoms with Crippen molar-refractivity contribution >= 4 is 11.6 Å². The molecule has 0 heterocycles. The molecular formula is C32H26O6. The van der Waals surface area contributed by atoms with Crippen molar-refractivity contribution in [2.24, 2.45) is 0 Å². The summed E-state index contributed by atoms with van der Waals surface area (Å²) < 4.78 is 22.7. The Morgan fingerprint density at radius 3 is 1.21 bits per heavy atom. The summed E-state index contributed by atoms with van der Waals surface area (Å²) in [6, 6.07) is 26.5. The molecule has 0 atom stereocenters. The van der Waals surface area contributed by atoms with Gasteiger partial charge in [0.1, 0.15) is 24.7 Å². The lowest BCUT2D eigenvalue weighted by Gasteiger charge is -2.10. The summed E-state index contributed by atoms with van der Waals surface area (Å²) in [4.78, 5) is 25.3. The van der Waals surface area contributed by atoms with Crippen LogP contribution in [0.1, 0.15) is 31.8 Å². The molecule has 0 fully saturated rings. The van der Waals surface area contributed by atoms with Crippen LogP contribution in [0, 0.1) is 0 Å². The third kappa shape index (κ3) is 4.60. The minimum atomic E-state index is 0.0358. The van der Waals surface area contributed by atoms with Crippen LogP contribution in [0.15, 0.2) is 84.9 Å². The van der Waals surface area contributed by atoms with E-state index in [-0.39, 0.29) is 11.6 Å². The molecule has 6 nitrogen and oxygen atoms in total. The second kappa shape index (κ2) is 10.6. The van der Waals surface area contributed by atoms with Crippen molar-refractivity contribution in [1.29, 1.82) is 0 Å². The van der Waals surface area contributed by atoms with Crippen molar-refractivity contribution < 1.29 is 28.5 Å². The van der Waals surface area contributed by atoms with Crippen LogP contribution in [0.25, 0.3) is 22.3 Å². The summed E-state index contributed by atoms with van der Waals surface area (Å²) in [5.74, 6) is 1.38. The summed E-state index contributed by atoms with van der Waals surface area (Å²) in [6.07, 6.45) is 0. The van der Waals surface area contributed by atoms with E-state index in [1.165, 1.54) is 0 Å². The molecular weight excluding hydrogens is 480 g/mol. The van der Waals surface area contributed by atoms with E-state index >= 15 is 0 Å². The van der Waals surface area contributed by atoms with E-state index in [0.717, 1.165) is 33.4 Å². The van der Waals surface area contributed by atoms with E-state index in [0.29, 0.717) is 62.3 Å². The van der Waals surface area contributed by atoms with Gasteiger partial charge >= 0.3 is 0 Å². The smallest absolute Gasteiger partial charge is 0.194 e. The third-order valence-electron chi connectivity index (χ3n) is 6.76. The second-order valence-electron chi connectivity index (χ2n) is 9.09. The van der Waals surface area contributed by atoms with Gasteiger partial charge in [0.05, 0.1) is 26.4 Å². The average molecular weight is 507 g/mol. The van der Waals surface area contributed by atoms with Gasteiger partial charge in [-0.1, -0.05) is 48.5 Å². The zero-order valence-electron chi connectivity index (χ0n) is 20.8. The van der Waals surface area contributed by atoms with Crippen molar-refractivity contribution in [3.63, 3.8) is 0 Å². The standard InChI is InChI=1S/C32H26O6/c33-31-27-7-3-1-5-23(27)25-11-9-21(19-29(25)31)37-17-15-35-13-14-36-16-18-38-22-10-12-26-24-6-2-4-8-28(24)32(34)30(26)20-22/h1-12,19-20H,13-18H2. The average Bonchev–Trinajstić information content (AvgIpc) is 3.40. The summed E-state index contributed by atoms with van der Waals surface area (Å²) in [5, 5.41) is 0. The Labute approximate surface area is 220 Å². The van der Waals surface area contributed by atoms with Crippen LogP contribution in [-0.2, 0) is 9.47 Å². The minimum Gasteiger partial charge on any atom is -0.491 e. The fraction of sp³-hybridized carbons (Fsp3) is 0.188. The molecule has 4 aromatic carbocycles. The van der Waals surface area contributed by atoms with Gasteiger partial charge in [0.2, 0.25) is 0 Å². The molecule has 2 aliphatic carbocycles. The zero-order valence-corrected chi connectivity index (χ0v) is 20.8. The van der Waals surface area contributed by atoms with Gasteiger partial charge in [-0.3, -0.25) is 9.59 Å². The van der Waals surface area contributed by atoms with Crippen LogP contribution < -0.4 is 9.47 Å². The van der Waals surface area contributed by atoms with Crippen LogP contribution in [0.5, 0.6) is 11.5 Å². The van der Waals surface area contributed by atoms with Gasteiger partial charge in [-0.15, -0.1) is 0 Å². The van der Waals surface area contributed by atoms with Crippen LogP contribution in [0.4, 0.5) is 0 Å². The van der Waals surface area contributed by atoms with E-state index in [9.17, 15) is 9.59 Å². The molecule has 0 N–H and O–H groups in total. The number of benzene rings is 4. The summed E-state index contributed by atoms with van der Waals surface area (Å²) in [7, 11) is 0. The maximum atomic E-state index is 12.6. The lowest BCUT2D eigenvalue weighted by atomic mass is 10.1. The third-order valence-corrected chi connectivity index (χ3v) is 6.76. The van der Waals surface area contributed by atoms with Crippen molar-refractivity contribution in [2.45, 2.75) is 0 Å². The summed E-state index contributed by atoms with van der Waals surface area (Å²) in [6.45, 7) is 2.46. The Kier molecular flexibility index (Phi) is 6.73. The molecule has 0 saturated carbocycles. The highest BCUT2D eigenvalue weighted by Crippen LogP contribution is 2.39. The van der Waals surface area contributed by atoms with Crippen molar-refractivity contribution in [3.8, 4) is 33.8 Å². The molecule has 38 heavy (non-hydrogen) atoms. The highest BCUT2D eigenvalue weighted by atomic mass is 16.6. The number of hydrogen-bond acceptors (Lipinski definition) is 6. The lowest BCUT2D eigenvalue weighted by Crippen LogP contribution is -2.13. The van der Waals surface area contributed by atoms with Crippen LogP contribution in [-0.4, -0.2) is 51.2 Å². The fourth-order valence-corrected chi connectivity index (χ4v) is 4.95. The van der Waals surface area contributed by atoms with Gasteiger partial charge in [0.25, 0.3) is 0 Å². The zero-order chi connectivity index (χ0) is 25.9. The van der Waals surface area contributed by atoms with Gasteiger partial charge in [0, 0.05) is 22.3 Å². The van der Waals surface area contributed by atoms with Gasteiger partial charge in [-0.05, 0) is 58.7 Å². The van der Waals surface area contributed by atoms with Gasteiger partial charge in [0.15, 0.2) is 11.6 Å². The summed E-state index contributed by atoms with van der Waals surface area (Å²) >= 11 is 0. The molecule has 2 aliphatic rings. The first kappa shape index (κ1) is 24.1.